The minimum atomic E-state index is 0.0564. The molecule has 1 aliphatic heterocycles. The molecule has 5 heteroatoms. The first-order valence-electron chi connectivity index (χ1n) is 9.01. The van der Waals surface area contributed by atoms with Gasteiger partial charge < -0.3 is 19.3 Å². The zero-order chi connectivity index (χ0) is 18.5. The number of nitrogens with zero attached hydrogens (tertiary/aromatic N) is 1. The summed E-state index contributed by atoms with van der Waals surface area (Å²) < 4.78 is 10.6. The van der Waals surface area contributed by atoms with E-state index in [0.717, 1.165) is 32.7 Å². The van der Waals surface area contributed by atoms with E-state index in [-0.39, 0.29) is 5.91 Å². The fraction of sp³-hybridized carbons (Fsp3) is 0.381. The molecule has 1 saturated heterocycles. The van der Waals surface area contributed by atoms with Crippen molar-refractivity contribution < 1.29 is 19.2 Å². The molecule has 0 saturated carbocycles. The molecule has 1 N–H and O–H groups in total. The number of nitrogens with one attached hydrogen (secondary N) is 1. The Labute approximate surface area is 155 Å². The largest absolute Gasteiger partial charge is 0.493 e. The first-order chi connectivity index (χ1) is 12.6. The van der Waals surface area contributed by atoms with Crippen LogP contribution < -0.4 is 14.4 Å². The number of amides is 1. The van der Waals surface area contributed by atoms with Crippen molar-refractivity contribution in [3.05, 3.63) is 59.2 Å². The number of hydrogen-bond acceptors (Lipinski definition) is 3. The van der Waals surface area contributed by atoms with Crippen molar-refractivity contribution in [2.24, 2.45) is 0 Å². The Hall–Kier alpha value is -2.53. The maximum atomic E-state index is 12.8. The molecule has 0 radical (unpaired) electrons. The number of benzene rings is 2. The molecule has 2 aromatic carbocycles. The Bertz CT molecular complexity index is 768. The molecular weight excluding hydrogens is 328 g/mol. The van der Waals surface area contributed by atoms with Crippen molar-refractivity contribution >= 4 is 5.91 Å². The molecule has 1 amide bonds. The molecule has 0 aliphatic carbocycles. The summed E-state index contributed by atoms with van der Waals surface area (Å²) >= 11 is 0. The molecule has 1 aliphatic rings. The zero-order valence-corrected chi connectivity index (χ0v) is 15.7. The molecular formula is C21H27N2O3+. The summed E-state index contributed by atoms with van der Waals surface area (Å²) in [5, 5.41) is 0. The second-order valence-electron chi connectivity index (χ2n) is 6.72. The first kappa shape index (κ1) is 18.3. The Morgan fingerprint density at radius 1 is 1.04 bits per heavy atom. The van der Waals surface area contributed by atoms with Gasteiger partial charge in [0.25, 0.3) is 5.91 Å². The highest BCUT2D eigenvalue weighted by molar-refractivity contribution is 5.95. The standard InChI is InChI=1S/C21H26N2O3/c1-16-6-4-5-7-18(16)15-22-10-12-23(13-11-22)21(24)17-8-9-19(25-2)20(14-17)26-3/h4-9,14H,10-13,15H2,1-3H3/p+1. The van der Waals surface area contributed by atoms with Crippen LogP contribution in [0.3, 0.4) is 0 Å². The third-order valence-corrected chi connectivity index (χ3v) is 5.09. The van der Waals surface area contributed by atoms with Crippen LogP contribution in [0, 0.1) is 6.92 Å². The fourth-order valence-corrected chi connectivity index (χ4v) is 3.43. The number of carbonyl (C=O) groups excluding carboxylic acids is 1. The van der Waals surface area contributed by atoms with Crippen LogP contribution in [0.25, 0.3) is 0 Å². The van der Waals surface area contributed by atoms with Crippen LogP contribution in [0.5, 0.6) is 11.5 Å². The van der Waals surface area contributed by atoms with Gasteiger partial charge in [-0.2, -0.15) is 0 Å². The van der Waals surface area contributed by atoms with Crippen molar-refractivity contribution in [3.8, 4) is 11.5 Å². The van der Waals surface area contributed by atoms with Crippen molar-refractivity contribution in [1.82, 2.24) is 4.90 Å². The Balaban J connectivity index is 1.61. The summed E-state index contributed by atoms with van der Waals surface area (Å²) in [6.45, 7) is 6.65. The quantitative estimate of drug-likeness (QED) is 0.885. The van der Waals surface area contributed by atoms with E-state index in [2.05, 4.69) is 31.2 Å². The average molecular weight is 355 g/mol. The van der Waals surface area contributed by atoms with Gasteiger partial charge in [-0.05, 0) is 30.7 Å². The van der Waals surface area contributed by atoms with E-state index in [9.17, 15) is 4.79 Å². The SMILES string of the molecule is COc1ccc(C(=O)N2CC[NH+](Cc3ccccc3C)CC2)cc1OC. The molecule has 1 fully saturated rings. The minimum Gasteiger partial charge on any atom is -0.493 e. The molecule has 5 nitrogen and oxygen atoms in total. The van der Waals surface area contributed by atoms with Crippen LogP contribution in [-0.2, 0) is 6.54 Å². The number of carbonyl (C=O) groups is 1. The molecule has 3 rings (SSSR count). The molecule has 0 unspecified atom stereocenters. The summed E-state index contributed by atoms with van der Waals surface area (Å²) in [7, 11) is 3.18. The summed E-state index contributed by atoms with van der Waals surface area (Å²) in [6, 6.07) is 13.9. The molecule has 138 valence electrons. The van der Waals surface area contributed by atoms with Gasteiger partial charge in [0.15, 0.2) is 11.5 Å². The topological polar surface area (TPSA) is 43.2 Å². The lowest BCUT2D eigenvalue weighted by atomic mass is 10.1. The van der Waals surface area contributed by atoms with E-state index < -0.39 is 0 Å². The molecule has 0 spiro atoms. The second-order valence-corrected chi connectivity index (χ2v) is 6.72. The number of methoxy groups -OCH3 is 2. The number of rotatable bonds is 5. The monoisotopic (exact) mass is 355 g/mol. The normalized spacial score (nSPS) is 15.0. The number of quaternary nitrogens is 1. The second kappa shape index (κ2) is 8.23. The smallest absolute Gasteiger partial charge is 0.254 e. The van der Waals surface area contributed by atoms with Gasteiger partial charge in [0.1, 0.15) is 6.54 Å². The number of aryl methyl sites for hydroxylation is 1. The predicted octanol–water partition coefficient (Wildman–Crippen LogP) is 1.55. The highest BCUT2D eigenvalue weighted by Gasteiger charge is 2.25. The minimum absolute atomic E-state index is 0.0564. The number of ether oxygens (including phenoxy) is 2. The summed E-state index contributed by atoms with van der Waals surface area (Å²) in [4.78, 5) is 16.3. The molecule has 0 atom stereocenters. The molecule has 0 aromatic heterocycles. The third kappa shape index (κ3) is 3.99. The van der Waals surface area contributed by atoms with Crippen LogP contribution in [0.1, 0.15) is 21.5 Å². The van der Waals surface area contributed by atoms with Gasteiger partial charge in [-0.25, -0.2) is 0 Å². The van der Waals surface area contributed by atoms with Crippen molar-refractivity contribution in [2.75, 3.05) is 40.4 Å². The lowest BCUT2D eigenvalue weighted by Crippen LogP contribution is -3.13. The average Bonchev–Trinajstić information content (AvgIpc) is 2.69. The van der Waals surface area contributed by atoms with Gasteiger partial charge in [0.05, 0.1) is 40.4 Å². The van der Waals surface area contributed by atoms with Gasteiger partial charge >= 0.3 is 0 Å². The molecule has 0 bridgehead atoms. The lowest BCUT2D eigenvalue weighted by Gasteiger charge is -2.32. The van der Waals surface area contributed by atoms with Crippen LogP contribution in [0.15, 0.2) is 42.5 Å². The molecule has 2 aromatic rings. The van der Waals surface area contributed by atoms with Crippen molar-refractivity contribution in [3.63, 3.8) is 0 Å². The maximum Gasteiger partial charge on any atom is 0.254 e. The van der Waals surface area contributed by atoms with E-state index in [1.165, 1.54) is 16.0 Å². The highest BCUT2D eigenvalue weighted by atomic mass is 16.5. The Morgan fingerprint density at radius 2 is 1.73 bits per heavy atom. The summed E-state index contributed by atoms with van der Waals surface area (Å²) in [5.74, 6) is 1.28. The van der Waals surface area contributed by atoms with Gasteiger partial charge in [0, 0.05) is 11.1 Å². The molecule has 26 heavy (non-hydrogen) atoms. The summed E-state index contributed by atoms with van der Waals surface area (Å²) in [6.07, 6.45) is 0. The van der Waals surface area contributed by atoms with E-state index in [1.807, 2.05) is 4.90 Å². The summed E-state index contributed by atoms with van der Waals surface area (Å²) in [5.41, 5.74) is 3.37. The number of hydrogen-bond donors (Lipinski definition) is 1. The van der Waals surface area contributed by atoms with Crippen molar-refractivity contribution in [1.29, 1.82) is 0 Å². The fourth-order valence-electron chi connectivity index (χ4n) is 3.43. The van der Waals surface area contributed by atoms with E-state index in [0.29, 0.717) is 17.1 Å². The number of piperazine rings is 1. The van der Waals surface area contributed by atoms with Gasteiger partial charge in [-0.15, -0.1) is 0 Å². The molecule has 1 heterocycles. The first-order valence-corrected chi connectivity index (χ1v) is 9.01. The van der Waals surface area contributed by atoms with Crippen LogP contribution >= 0.6 is 0 Å². The van der Waals surface area contributed by atoms with Gasteiger partial charge in [-0.1, -0.05) is 24.3 Å². The predicted molar refractivity (Wildman–Crippen MR) is 101 cm³/mol. The van der Waals surface area contributed by atoms with Gasteiger partial charge in [-0.3, -0.25) is 4.79 Å². The van der Waals surface area contributed by atoms with Crippen LogP contribution in [-0.4, -0.2) is 51.2 Å². The lowest BCUT2D eigenvalue weighted by molar-refractivity contribution is -0.917. The van der Waals surface area contributed by atoms with Gasteiger partial charge in [0.2, 0.25) is 0 Å². The third-order valence-electron chi connectivity index (χ3n) is 5.09. The highest BCUT2D eigenvalue weighted by Crippen LogP contribution is 2.28. The van der Waals surface area contributed by atoms with Crippen LogP contribution in [0.4, 0.5) is 0 Å². The maximum absolute atomic E-state index is 12.8. The zero-order valence-electron chi connectivity index (χ0n) is 15.7. The van der Waals surface area contributed by atoms with Crippen LogP contribution in [0.2, 0.25) is 0 Å². The van der Waals surface area contributed by atoms with E-state index in [1.54, 1.807) is 32.4 Å². The Kier molecular flexibility index (Phi) is 5.78. The van der Waals surface area contributed by atoms with Crippen molar-refractivity contribution in [2.45, 2.75) is 13.5 Å². The van der Waals surface area contributed by atoms with E-state index in [4.69, 9.17) is 9.47 Å². The van der Waals surface area contributed by atoms with E-state index >= 15 is 0 Å². The Morgan fingerprint density at radius 3 is 2.38 bits per heavy atom.